The molecule has 0 aromatic heterocycles. The Balaban J connectivity index is 2.89. The summed E-state index contributed by atoms with van der Waals surface area (Å²) in [5.74, 6) is -0.680. The van der Waals surface area contributed by atoms with Crippen molar-refractivity contribution in [3.8, 4) is 0 Å². The summed E-state index contributed by atoms with van der Waals surface area (Å²) in [6.07, 6.45) is 0.101. The van der Waals surface area contributed by atoms with Gasteiger partial charge in [-0.1, -0.05) is 25.1 Å². The van der Waals surface area contributed by atoms with E-state index in [0.29, 0.717) is 0 Å². The molecule has 0 heterocycles. The lowest BCUT2D eigenvalue weighted by Crippen LogP contribution is -2.27. The lowest BCUT2D eigenvalue weighted by molar-refractivity contribution is -0.141. The first-order valence-electron chi connectivity index (χ1n) is 5.75. The van der Waals surface area contributed by atoms with E-state index in [4.69, 9.17) is 0 Å². The topological polar surface area (TPSA) is 60.4 Å². The number of carbonyl (C=O) groups excluding carboxylic acids is 1. The van der Waals surface area contributed by atoms with Gasteiger partial charge >= 0.3 is 5.97 Å². The van der Waals surface area contributed by atoms with Gasteiger partial charge in [-0.25, -0.2) is 8.42 Å². The molecule has 1 rings (SSSR count). The number of ether oxygens (including phenoxy) is 1. The summed E-state index contributed by atoms with van der Waals surface area (Å²) >= 11 is 0. The highest BCUT2D eigenvalue weighted by molar-refractivity contribution is 7.92. The Morgan fingerprint density at radius 3 is 2.28 bits per heavy atom. The average molecular weight is 270 g/mol. The van der Waals surface area contributed by atoms with Gasteiger partial charge in [-0.15, -0.1) is 0 Å². The Labute approximate surface area is 108 Å². The molecule has 18 heavy (non-hydrogen) atoms. The van der Waals surface area contributed by atoms with Crippen LogP contribution in [0.5, 0.6) is 0 Å². The molecule has 5 heteroatoms. The summed E-state index contributed by atoms with van der Waals surface area (Å²) in [6.45, 7) is 3.36. The van der Waals surface area contributed by atoms with Crippen LogP contribution in [0, 0.1) is 5.92 Å². The second-order valence-corrected chi connectivity index (χ2v) is 6.63. The minimum Gasteiger partial charge on any atom is -0.469 e. The maximum absolute atomic E-state index is 12.3. The molecule has 0 radical (unpaired) electrons. The SMILES string of the molecule is COC(=O)C[C@H](C)[C@H](C)S(=O)(=O)c1ccccc1. The van der Waals surface area contributed by atoms with Crippen LogP contribution in [0.25, 0.3) is 0 Å². The van der Waals surface area contributed by atoms with Crippen LogP contribution in [-0.2, 0) is 19.4 Å². The third-order valence-electron chi connectivity index (χ3n) is 3.08. The van der Waals surface area contributed by atoms with Crippen molar-refractivity contribution >= 4 is 15.8 Å². The fourth-order valence-electron chi connectivity index (χ4n) is 1.64. The molecule has 0 saturated carbocycles. The normalized spacial score (nSPS) is 14.8. The number of methoxy groups -OCH3 is 1. The molecule has 1 aromatic rings. The van der Waals surface area contributed by atoms with Crippen molar-refractivity contribution in [2.24, 2.45) is 5.92 Å². The van der Waals surface area contributed by atoms with E-state index in [9.17, 15) is 13.2 Å². The van der Waals surface area contributed by atoms with Crippen LogP contribution in [0.15, 0.2) is 35.2 Å². The second kappa shape index (κ2) is 6.00. The van der Waals surface area contributed by atoms with Gasteiger partial charge in [0, 0.05) is 6.42 Å². The molecule has 0 aliphatic carbocycles. The van der Waals surface area contributed by atoms with Crippen LogP contribution < -0.4 is 0 Å². The zero-order valence-electron chi connectivity index (χ0n) is 10.8. The van der Waals surface area contributed by atoms with Crippen molar-refractivity contribution in [1.82, 2.24) is 0 Å². The van der Waals surface area contributed by atoms with E-state index in [2.05, 4.69) is 4.74 Å². The molecule has 0 N–H and O–H groups in total. The van der Waals surface area contributed by atoms with Crippen LogP contribution in [0.4, 0.5) is 0 Å². The van der Waals surface area contributed by atoms with Crippen LogP contribution in [0.3, 0.4) is 0 Å². The van der Waals surface area contributed by atoms with Crippen molar-refractivity contribution in [1.29, 1.82) is 0 Å². The first kappa shape index (κ1) is 14.7. The predicted molar refractivity (Wildman–Crippen MR) is 68.9 cm³/mol. The van der Waals surface area contributed by atoms with E-state index < -0.39 is 21.1 Å². The largest absolute Gasteiger partial charge is 0.469 e. The zero-order chi connectivity index (χ0) is 13.8. The van der Waals surface area contributed by atoms with Gasteiger partial charge in [0.25, 0.3) is 0 Å². The molecule has 0 spiro atoms. The van der Waals surface area contributed by atoms with Crippen LogP contribution in [0.1, 0.15) is 20.3 Å². The van der Waals surface area contributed by atoms with Gasteiger partial charge in [0.15, 0.2) is 9.84 Å². The van der Waals surface area contributed by atoms with Crippen molar-refractivity contribution in [2.45, 2.75) is 30.4 Å². The van der Waals surface area contributed by atoms with E-state index in [0.717, 1.165) is 0 Å². The summed E-state index contributed by atoms with van der Waals surface area (Å²) in [7, 11) is -2.10. The highest BCUT2D eigenvalue weighted by Crippen LogP contribution is 2.23. The summed E-state index contributed by atoms with van der Waals surface area (Å²) in [4.78, 5) is 11.5. The Hall–Kier alpha value is -1.36. The quantitative estimate of drug-likeness (QED) is 0.768. The van der Waals surface area contributed by atoms with Gasteiger partial charge in [0.2, 0.25) is 0 Å². The number of carbonyl (C=O) groups is 1. The summed E-state index contributed by atoms with van der Waals surface area (Å²) in [5, 5.41) is -0.626. The Bertz CT molecular complexity index is 493. The zero-order valence-corrected chi connectivity index (χ0v) is 11.6. The minimum atomic E-state index is -3.40. The maximum Gasteiger partial charge on any atom is 0.305 e. The van der Waals surface area contributed by atoms with Crippen molar-refractivity contribution < 1.29 is 17.9 Å². The molecule has 0 saturated heterocycles. The monoisotopic (exact) mass is 270 g/mol. The molecule has 0 bridgehead atoms. The van der Waals surface area contributed by atoms with Gasteiger partial charge in [-0.3, -0.25) is 4.79 Å². The third kappa shape index (κ3) is 3.32. The molecule has 0 fully saturated rings. The minimum absolute atomic E-state index is 0.101. The fraction of sp³-hybridized carbons (Fsp3) is 0.462. The van der Waals surface area contributed by atoms with E-state index >= 15 is 0 Å². The average Bonchev–Trinajstić information content (AvgIpc) is 2.38. The van der Waals surface area contributed by atoms with E-state index in [1.165, 1.54) is 7.11 Å². The van der Waals surface area contributed by atoms with E-state index in [1.807, 2.05) is 0 Å². The molecule has 4 nitrogen and oxygen atoms in total. The lowest BCUT2D eigenvalue weighted by Gasteiger charge is -2.19. The third-order valence-corrected chi connectivity index (χ3v) is 5.45. The Kier molecular flexibility index (Phi) is 4.90. The molecule has 0 aliphatic rings. The highest BCUT2D eigenvalue weighted by atomic mass is 32.2. The van der Waals surface area contributed by atoms with Gasteiger partial charge < -0.3 is 4.74 Å². The van der Waals surface area contributed by atoms with Crippen molar-refractivity contribution in [3.63, 3.8) is 0 Å². The molecule has 2 atom stereocenters. The molecule has 0 aliphatic heterocycles. The molecule has 0 unspecified atom stereocenters. The maximum atomic E-state index is 12.3. The highest BCUT2D eigenvalue weighted by Gasteiger charge is 2.29. The number of esters is 1. The standard InChI is InChI=1S/C13H18O4S/c1-10(9-13(14)17-3)11(2)18(15,16)12-7-5-4-6-8-12/h4-8,10-11H,9H2,1-3H3/t10-,11-/m0/s1. The van der Waals surface area contributed by atoms with E-state index in [-0.39, 0.29) is 17.2 Å². The van der Waals surface area contributed by atoms with Crippen molar-refractivity contribution in [3.05, 3.63) is 30.3 Å². The number of rotatable bonds is 5. The molecular formula is C13H18O4S. The van der Waals surface area contributed by atoms with E-state index in [1.54, 1.807) is 44.2 Å². The van der Waals surface area contributed by atoms with Crippen LogP contribution in [0.2, 0.25) is 0 Å². The summed E-state index contributed by atoms with van der Waals surface area (Å²) in [5.41, 5.74) is 0. The number of hydrogen-bond donors (Lipinski definition) is 0. The van der Waals surface area contributed by atoms with Crippen LogP contribution in [-0.4, -0.2) is 26.7 Å². The van der Waals surface area contributed by atoms with Crippen molar-refractivity contribution in [2.75, 3.05) is 7.11 Å². The second-order valence-electron chi connectivity index (χ2n) is 4.32. The molecule has 0 amide bonds. The predicted octanol–water partition coefficient (Wildman–Crippen LogP) is 2.05. The van der Waals surface area contributed by atoms with Crippen LogP contribution >= 0.6 is 0 Å². The fourth-order valence-corrected chi connectivity index (χ4v) is 3.32. The first-order valence-corrected chi connectivity index (χ1v) is 7.30. The Morgan fingerprint density at radius 2 is 1.78 bits per heavy atom. The van der Waals surface area contributed by atoms with Gasteiger partial charge in [0.1, 0.15) is 0 Å². The lowest BCUT2D eigenvalue weighted by atomic mass is 10.1. The molecule has 1 aromatic carbocycles. The summed E-state index contributed by atoms with van der Waals surface area (Å²) < 4.78 is 29.1. The smallest absolute Gasteiger partial charge is 0.305 e. The Morgan fingerprint density at radius 1 is 1.22 bits per heavy atom. The van der Waals surface area contributed by atoms with Gasteiger partial charge in [-0.05, 0) is 25.0 Å². The van der Waals surface area contributed by atoms with Gasteiger partial charge in [0.05, 0.1) is 17.3 Å². The first-order chi connectivity index (χ1) is 8.39. The number of benzene rings is 1. The van der Waals surface area contributed by atoms with Gasteiger partial charge in [-0.2, -0.15) is 0 Å². The molecular weight excluding hydrogens is 252 g/mol. The number of hydrogen-bond acceptors (Lipinski definition) is 4. The summed E-state index contributed by atoms with van der Waals surface area (Å²) in [6, 6.07) is 8.27. The molecule has 100 valence electrons. The number of sulfone groups is 1.